The molecule has 1 atom stereocenters. The Hall–Kier alpha value is -0.370. The Labute approximate surface area is 61.6 Å². The Morgan fingerprint density at radius 2 is 2.50 bits per heavy atom. The summed E-state index contributed by atoms with van der Waals surface area (Å²) in [6.07, 6.45) is 2.88. The van der Waals surface area contributed by atoms with Crippen molar-refractivity contribution < 1.29 is 9.53 Å². The molecule has 1 saturated carbocycles. The Bertz CT molecular complexity index is 120. The van der Waals surface area contributed by atoms with Gasteiger partial charge in [0.05, 0.1) is 6.61 Å². The van der Waals surface area contributed by atoms with Gasteiger partial charge in [-0.15, -0.1) is 0 Å². The molecule has 0 radical (unpaired) electrons. The minimum absolute atomic E-state index is 0.222. The molecular weight excluding hydrogens is 128 g/mol. The average Bonchev–Trinajstić information content (AvgIpc) is 2.31. The van der Waals surface area contributed by atoms with Crippen molar-refractivity contribution in [1.29, 1.82) is 0 Å². The van der Waals surface area contributed by atoms with E-state index in [1.165, 1.54) is 0 Å². The molecule has 2 heteroatoms. The van der Waals surface area contributed by atoms with E-state index in [0.717, 1.165) is 25.9 Å². The number of carbonyl (C=O) groups is 1. The Morgan fingerprint density at radius 1 is 1.70 bits per heavy atom. The van der Waals surface area contributed by atoms with Crippen molar-refractivity contribution in [3.05, 3.63) is 0 Å². The third-order valence-electron chi connectivity index (χ3n) is 1.95. The number of ether oxygens (including phenoxy) is 1. The van der Waals surface area contributed by atoms with Crippen molar-refractivity contribution in [2.24, 2.45) is 5.92 Å². The van der Waals surface area contributed by atoms with Gasteiger partial charge >= 0.3 is 0 Å². The van der Waals surface area contributed by atoms with Crippen molar-refractivity contribution in [3.63, 3.8) is 0 Å². The largest absolute Gasteiger partial charge is 0.381 e. The van der Waals surface area contributed by atoms with E-state index in [1.54, 1.807) is 0 Å². The van der Waals surface area contributed by atoms with Gasteiger partial charge in [-0.1, -0.05) is 0 Å². The SMILES string of the molecule is CCOCC1CCCC1=O. The maximum Gasteiger partial charge on any atom is 0.138 e. The second-order valence-corrected chi connectivity index (χ2v) is 2.71. The highest BCUT2D eigenvalue weighted by atomic mass is 16.5. The highest BCUT2D eigenvalue weighted by molar-refractivity contribution is 5.82. The molecule has 1 aliphatic rings. The molecule has 0 amide bonds. The highest BCUT2D eigenvalue weighted by Crippen LogP contribution is 2.20. The summed E-state index contributed by atoms with van der Waals surface area (Å²) in [5.74, 6) is 0.619. The fraction of sp³-hybridized carbons (Fsp3) is 0.875. The topological polar surface area (TPSA) is 26.3 Å². The molecule has 1 aliphatic carbocycles. The van der Waals surface area contributed by atoms with Crippen molar-refractivity contribution in [2.75, 3.05) is 13.2 Å². The van der Waals surface area contributed by atoms with Gasteiger partial charge in [0.15, 0.2) is 0 Å². The van der Waals surface area contributed by atoms with Crippen molar-refractivity contribution in [3.8, 4) is 0 Å². The van der Waals surface area contributed by atoms with Gasteiger partial charge < -0.3 is 4.74 Å². The molecule has 58 valence electrons. The quantitative estimate of drug-likeness (QED) is 0.595. The summed E-state index contributed by atoms with van der Waals surface area (Å²) in [5, 5.41) is 0. The molecule has 2 nitrogen and oxygen atoms in total. The van der Waals surface area contributed by atoms with E-state index in [2.05, 4.69) is 0 Å². The molecule has 0 saturated heterocycles. The number of hydrogen-bond acceptors (Lipinski definition) is 2. The Morgan fingerprint density at radius 3 is 3.00 bits per heavy atom. The van der Waals surface area contributed by atoms with Crippen LogP contribution < -0.4 is 0 Å². The molecule has 0 aromatic heterocycles. The number of rotatable bonds is 3. The fourth-order valence-corrected chi connectivity index (χ4v) is 1.32. The maximum atomic E-state index is 11.0. The zero-order chi connectivity index (χ0) is 7.40. The predicted octanol–water partition coefficient (Wildman–Crippen LogP) is 1.39. The smallest absolute Gasteiger partial charge is 0.138 e. The Kier molecular flexibility index (Phi) is 2.87. The van der Waals surface area contributed by atoms with Crippen molar-refractivity contribution in [1.82, 2.24) is 0 Å². The number of ketones is 1. The molecule has 0 aromatic rings. The van der Waals surface area contributed by atoms with Crippen LogP contribution in [0.5, 0.6) is 0 Å². The molecule has 1 fully saturated rings. The molecule has 0 N–H and O–H groups in total. The summed E-state index contributed by atoms with van der Waals surface area (Å²) in [5.41, 5.74) is 0. The molecule has 1 unspecified atom stereocenters. The standard InChI is InChI=1S/C8H14O2/c1-2-10-6-7-4-3-5-8(7)9/h7H,2-6H2,1H3. The average molecular weight is 142 g/mol. The highest BCUT2D eigenvalue weighted by Gasteiger charge is 2.23. The Balaban J connectivity index is 2.20. The first-order valence-corrected chi connectivity index (χ1v) is 3.95. The summed E-state index contributed by atoms with van der Waals surface area (Å²) in [7, 11) is 0. The van der Waals surface area contributed by atoms with Crippen molar-refractivity contribution in [2.45, 2.75) is 26.2 Å². The van der Waals surface area contributed by atoms with E-state index in [-0.39, 0.29) is 5.92 Å². The number of Topliss-reactive ketones (excluding diaryl/α,β-unsaturated/α-hetero) is 1. The molecule has 0 bridgehead atoms. The third-order valence-corrected chi connectivity index (χ3v) is 1.95. The van der Waals surface area contributed by atoms with E-state index < -0.39 is 0 Å². The van der Waals surface area contributed by atoms with Gasteiger partial charge in [-0.3, -0.25) is 4.79 Å². The van der Waals surface area contributed by atoms with Crippen LogP contribution in [0.25, 0.3) is 0 Å². The van der Waals surface area contributed by atoms with Crippen LogP contribution in [0.1, 0.15) is 26.2 Å². The van der Waals surface area contributed by atoms with E-state index in [9.17, 15) is 4.79 Å². The van der Waals surface area contributed by atoms with Gasteiger partial charge in [0, 0.05) is 18.9 Å². The van der Waals surface area contributed by atoms with Crippen molar-refractivity contribution >= 4 is 5.78 Å². The van der Waals surface area contributed by atoms with E-state index in [0.29, 0.717) is 12.4 Å². The van der Waals surface area contributed by atoms with Crippen LogP contribution in [0.2, 0.25) is 0 Å². The van der Waals surface area contributed by atoms with Crippen LogP contribution in [0.15, 0.2) is 0 Å². The van der Waals surface area contributed by atoms with Gasteiger partial charge in [-0.2, -0.15) is 0 Å². The molecule has 0 aliphatic heterocycles. The van der Waals surface area contributed by atoms with Crippen LogP contribution in [-0.4, -0.2) is 19.0 Å². The zero-order valence-corrected chi connectivity index (χ0v) is 6.43. The lowest BCUT2D eigenvalue weighted by Gasteiger charge is -2.05. The van der Waals surface area contributed by atoms with Gasteiger partial charge in [-0.25, -0.2) is 0 Å². The van der Waals surface area contributed by atoms with Crippen LogP contribution in [0.4, 0.5) is 0 Å². The number of carbonyl (C=O) groups excluding carboxylic acids is 1. The monoisotopic (exact) mass is 142 g/mol. The van der Waals surface area contributed by atoms with Gasteiger partial charge in [0.2, 0.25) is 0 Å². The van der Waals surface area contributed by atoms with Crippen LogP contribution in [0.3, 0.4) is 0 Å². The predicted molar refractivity (Wildman–Crippen MR) is 38.8 cm³/mol. The first-order valence-electron chi connectivity index (χ1n) is 3.95. The zero-order valence-electron chi connectivity index (χ0n) is 6.43. The first kappa shape index (κ1) is 7.73. The second-order valence-electron chi connectivity index (χ2n) is 2.71. The number of hydrogen-bond donors (Lipinski definition) is 0. The minimum Gasteiger partial charge on any atom is -0.381 e. The fourth-order valence-electron chi connectivity index (χ4n) is 1.32. The third kappa shape index (κ3) is 1.81. The van der Waals surface area contributed by atoms with Crippen LogP contribution in [0, 0.1) is 5.92 Å². The van der Waals surface area contributed by atoms with Gasteiger partial charge in [0.25, 0.3) is 0 Å². The molecule has 0 aromatic carbocycles. The molecule has 10 heavy (non-hydrogen) atoms. The second kappa shape index (κ2) is 3.71. The lowest BCUT2D eigenvalue weighted by Crippen LogP contribution is -2.13. The maximum absolute atomic E-state index is 11.0. The molecule has 0 spiro atoms. The van der Waals surface area contributed by atoms with Gasteiger partial charge in [-0.05, 0) is 19.8 Å². The molecular formula is C8H14O2. The summed E-state index contributed by atoms with van der Waals surface area (Å²) < 4.78 is 5.17. The normalized spacial score (nSPS) is 25.7. The van der Waals surface area contributed by atoms with E-state index in [1.807, 2.05) is 6.92 Å². The molecule has 0 heterocycles. The summed E-state index contributed by atoms with van der Waals surface area (Å²) in [4.78, 5) is 11.0. The van der Waals surface area contributed by atoms with Crippen LogP contribution in [-0.2, 0) is 9.53 Å². The summed E-state index contributed by atoms with van der Waals surface area (Å²) in [6.45, 7) is 3.33. The summed E-state index contributed by atoms with van der Waals surface area (Å²) in [6, 6.07) is 0. The lowest BCUT2D eigenvalue weighted by molar-refractivity contribution is -0.122. The van der Waals surface area contributed by atoms with Gasteiger partial charge in [0.1, 0.15) is 5.78 Å². The van der Waals surface area contributed by atoms with E-state index in [4.69, 9.17) is 4.74 Å². The lowest BCUT2D eigenvalue weighted by atomic mass is 10.1. The van der Waals surface area contributed by atoms with Crippen LogP contribution >= 0.6 is 0 Å². The first-order chi connectivity index (χ1) is 4.84. The van der Waals surface area contributed by atoms with E-state index >= 15 is 0 Å². The minimum atomic E-state index is 0.222. The summed E-state index contributed by atoms with van der Waals surface area (Å²) >= 11 is 0. The molecule has 1 rings (SSSR count).